The standard InChI is InChI=1S/C17H22B10N/c1-11(2)9-13-5-7-15-14(10-13)6-8-16(28(15)4)17-12(3)23(17)27(25(20)21)26(22)24(18)19/h5-8,10-12,17H,9H2,1-4H3/q+1. The Morgan fingerprint density at radius 1 is 1.04 bits per heavy atom. The van der Waals surface area contributed by atoms with Crippen molar-refractivity contribution in [1.82, 2.24) is 0 Å². The van der Waals surface area contributed by atoms with Gasteiger partial charge in [0.2, 0.25) is 5.52 Å². The van der Waals surface area contributed by atoms with Crippen molar-refractivity contribution in [3.63, 3.8) is 0 Å². The molecule has 1 aromatic heterocycles. The van der Waals surface area contributed by atoms with Crippen LogP contribution >= 0.6 is 0 Å². The van der Waals surface area contributed by atoms with Crippen LogP contribution in [0.5, 0.6) is 0 Å². The minimum atomic E-state index is -0.627. The van der Waals surface area contributed by atoms with Gasteiger partial charge in [-0.15, -0.1) is 0 Å². The van der Waals surface area contributed by atoms with Crippen molar-refractivity contribution in [2.24, 2.45) is 13.0 Å². The quantitative estimate of drug-likeness (QED) is 0.490. The van der Waals surface area contributed by atoms with Crippen molar-refractivity contribution in [2.75, 3.05) is 0 Å². The largest absolute Gasteiger partial charge is 0.212 e. The number of hydrogen-bond acceptors (Lipinski definition) is 0. The normalized spacial score (nSPS) is 18.4. The van der Waals surface area contributed by atoms with E-state index in [2.05, 4.69) is 62.7 Å². The average molecular weight is 348 g/mol. The maximum atomic E-state index is 6.27. The Balaban J connectivity index is 1.92. The molecule has 28 heavy (non-hydrogen) atoms. The second kappa shape index (κ2) is 8.57. The number of rotatable bonds is 7. The third-order valence-corrected chi connectivity index (χ3v) is 6.48. The predicted molar refractivity (Wildman–Crippen MR) is 133 cm³/mol. The highest BCUT2D eigenvalue weighted by atomic mass is 14.9. The van der Waals surface area contributed by atoms with E-state index in [9.17, 15) is 0 Å². The molecule has 1 aliphatic rings. The van der Waals surface area contributed by atoms with Crippen LogP contribution in [0.1, 0.15) is 37.8 Å². The van der Waals surface area contributed by atoms with Crippen LogP contribution in [-0.2, 0) is 13.5 Å². The summed E-state index contributed by atoms with van der Waals surface area (Å²) in [5.74, 6) is 1.44. The van der Waals surface area contributed by atoms with E-state index in [4.69, 9.17) is 38.7 Å². The van der Waals surface area contributed by atoms with Gasteiger partial charge in [-0.05, 0) is 30.0 Å². The summed E-state index contributed by atoms with van der Waals surface area (Å²) in [4.78, 5) is 0. The maximum absolute atomic E-state index is 6.27. The molecule has 3 rings (SSSR count). The van der Waals surface area contributed by atoms with Crippen molar-refractivity contribution in [3.05, 3.63) is 41.6 Å². The number of aryl methyl sites for hydroxylation is 1. The smallest absolute Gasteiger partial charge is 0.199 e. The Morgan fingerprint density at radius 3 is 2.29 bits per heavy atom. The van der Waals surface area contributed by atoms with Crippen LogP contribution in [0, 0.1) is 5.92 Å². The molecule has 2 heterocycles. The monoisotopic (exact) mass is 350 g/mol. The third-order valence-electron chi connectivity index (χ3n) is 6.48. The molecular weight excluding hydrogens is 326 g/mol. The molecule has 2 unspecified atom stereocenters. The van der Waals surface area contributed by atoms with E-state index in [0.717, 1.165) is 6.42 Å². The lowest BCUT2D eigenvalue weighted by Crippen LogP contribution is -2.64. The van der Waals surface area contributed by atoms with E-state index < -0.39 is 19.2 Å². The molecule has 2 aromatic rings. The van der Waals surface area contributed by atoms with Crippen LogP contribution in [0.3, 0.4) is 0 Å². The molecule has 1 fully saturated rings. The molecule has 0 bridgehead atoms. The fourth-order valence-electron chi connectivity index (χ4n) is 4.98. The maximum Gasteiger partial charge on any atom is 0.212 e. The summed E-state index contributed by atoms with van der Waals surface area (Å²) in [5, 5.41) is 1.27. The molecule has 1 aliphatic heterocycles. The van der Waals surface area contributed by atoms with Gasteiger partial charge in [0.15, 0.2) is 5.69 Å². The number of hydrogen-bond donors (Lipinski definition) is 0. The van der Waals surface area contributed by atoms with Crippen molar-refractivity contribution in [3.8, 4) is 0 Å². The van der Waals surface area contributed by atoms with Gasteiger partial charge >= 0.3 is 0 Å². The highest BCUT2D eigenvalue weighted by Gasteiger charge is 2.59. The molecule has 0 N–H and O–H groups in total. The van der Waals surface area contributed by atoms with Gasteiger partial charge in [-0.25, -0.2) is 0 Å². The first-order valence-corrected chi connectivity index (χ1v) is 10.3. The zero-order chi connectivity index (χ0) is 20.7. The Hall–Kier alpha value is -0.721. The summed E-state index contributed by atoms with van der Waals surface area (Å²) in [6.07, 6.45) is -0.591. The van der Waals surface area contributed by atoms with E-state index >= 15 is 0 Å². The van der Waals surface area contributed by atoms with Gasteiger partial charge in [-0.2, -0.15) is 4.57 Å². The fraction of sp³-hybridized carbons (Fsp3) is 0.471. The van der Waals surface area contributed by atoms with E-state index in [1.807, 2.05) is 0 Å². The lowest BCUT2D eigenvalue weighted by atomic mass is 8.57. The van der Waals surface area contributed by atoms with E-state index in [0.29, 0.717) is 17.6 Å². The average Bonchev–Trinajstić information content (AvgIpc) is 3.24. The molecule has 11 heteroatoms. The molecule has 0 aliphatic carbocycles. The molecule has 1 aromatic carbocycles. The summed E-state index contributed by atoms with van der Waals surface area (Å²) < 4.78 is 2.29. The van der Waals surface area contributed by atoms with Crippen LogP contribution in [0.2, 0.25) is 5.82 Å². The van der Waals surface area contributed by atoms with Gasteiger partial charge < -0.3 is 0 Å². The van der Waals surface area contributed by atoms with Crippen LogP contribution in [0.4, 0.5) is 0 Å². The Bertz CT molecular complexity index is 842. The molecule has 1 saturated heterocycles. The number of aromatic nitrogens is 1. The zero-order valence-electron chi connectivity index (χ0n) is 17.5. The van der Waals surface area contributed by atoms with Crippen LogP contribution < -0.4 is 4.57 Å². The fourth-order valence-corrected chi connectivity index (χ4v) is 4.98. The molecular formula is C17H22B10N+. The minimum absolute atomic E-state index is 0.107. The first kappa shape index (κ1) is 22.0. The highest BCUT2D eigenvalue weighted by Crippen LogP contribution is 2.51. The Labute approximate surface area is 179 Å². The Morgan fingerprint density at radius 2 is 1.71 bits per heavy atom. The summed E-state index contributed by atoms with van der Waals surface area (Å²) in [7, 11) is 32.3. The van der Waals surface area contributed by atoms with Crippen molar-refractivity contribution >= 4 is 81.7 Å². The Kier molecular flexibility index (Phi) is 6.72. The number of nitrogens with zero attached hydrogens (tertiary/aromatic N) is 1. The van der Waals surface area contributed by atoms with Gasteiger partial charge in [0.1, 0.15) is 13.7 Å². The lowest BCUT2D eigenvalue weighted by Gasteiger charge is -2.25. The van der Waals surface area contributed by atoms with Gasteiger partial charge in [0.25, 0.3) is 0 Å². The molecule has 1 nitrogen and oxygen atoms in total. The lowest BCUT2D eigenvalue weighted by molar-refractivity contribution is -0.652. The molecule has 0 amide bonds. The minimum Gasteiger partial charge on any atom is -0.199 e. The summed E-state index contributed by atoms with van der Waals surface area (Å²) in [5.41, 5.74) is 3.89. The highest BCUT2D eigenvalue weighted by molar-refractivity contribution is 8.01. The van der Waals surface area contributed by atoms with Crippen LogP contribution in [-0.4, -0.2) is 70.8 Å². The third kappa shape index (κ3) is 4.24. The van der Waals surface area contributed by atoms with E-state index in [1.165, 1.54) is 22.2 Å². The summed E-state index contributed by atoms with van der Waals surface area (Å²) in [6.45, 7) is 7.01. The molecule has 0 spiro atoms. The summed E-state index contributed by atoms with van der Waals surface area (Å²) >= 11 is 0. The number of benzene rings is 1. The molecule has 10 radical (unpaired) electrons. The number of fused-ring (bicyclic) bond motifs is 1. The van der Waals surface area contributed by atoms with Gasteiger partial charge in [-0.1, -0.05) is 32.7 Å². The number of pyridine rings is 1. The topological polar surface area (TPSA) is 3.88 Å². The first-order valence-electron chi connectivity index (χ1n) is 10.3. The second-order valence-electron chi connectivity index (χ2n) is 9.08. The zero-order valence-corrected chi connectivity index (χ0v) is 17.5. The second-order valence-corrected chi connectivity index (χ2v) is 9.08. The SMILES string of the molecule is [B]B([B])B([B])B(B([B])[B])B1C(C)C1c1ccc2cc(CC(C)C)ccc2[n+]1C. The van der Waals surface area contributed by atoms with Crippen molar-refractivity contribution < 1.29 is 4.57 Å². The first-order chi connectivity index (χ1) is 13.1. The van der Waals surface area contributed by atoms with Crippen molar-refractivity contribution in [1.29, 1.82) is 0 Å². The van der Waals surface area contributed by atoms with E-state index in [1.54, 1.807) is 0 Å². The van der Waals surface area contributed by atoms with Crippen molar-refractivity contribution in [2.45, 2.75) is 38.8 Å². The van der Waals surface area contributed by atoms with Crippen LogP contribution in [0.15, 0.2) is 30.3 Å². The van der Waals surface area contributed by atoms with Crippen LogP contribution in [0.25, 0.3) is 10.9 Å². The molecule has 124 valence electrons. The van der Waals surface area contributed by atoms with E-state index in [-0.39, 0.29) is 13.0 Å². The van der Waals surface area contributed by atoms with Gasteiger partial charge in [0, 0.05) is 87.6 Å². The summed E-state index contributed by atoms with van der Waals surface area (Å²) in [6, 6.07) is 11.2. The molecule has 0 saturated carbocycles. The van der Waals surface area contributed by atoms with Gasteiger partial charge in [0.05, 0.1) is 0 Å². The molecule has 2 atom stereocenters. The predicted octanol–water partition coefficient (Wildman–Crippen LogP) is 0.00290. The van der Waals surface area contributed by atoms with Gasteiger partial charge in [-0.3, -0.25) is 0 Å².